The van der Waals surface area contributed by atoms with Gasteiger partial charge in [0.05, 0.1) is 24.5 Å². The summed E-state index contributed by atoms with van der Waals surface area (Å²) in [4.78, 5) is 1.39. The second-order valence-electron chi connectivity index (χ2n) is 3.88. The fraction of sp³-hybridized carbons (Fsp3) is 0.0909. The first-order valence-electron chi connectivity index (χ1n) is 5.42. The lowest BCUT2D eigenvalue weighted by molar-refractivity contribution is 0.630. The Kier molecular flexibility index (Phi) is 3.00. The molecule has 0 aliphatic carbocycles. The van der Waals surface area contributed by atoms with Gasteiger partial charge in [-0.1, -0.05) is 17.7 Å². The molecule has 2 heterocycles. The van der Waals surface area contributed by atoms with Crippen molar-refractivity contribution in [3.05, 3.63) is 35.5 Å². The zero-order valence-corrected chi connectivity index (χ0v) is 11.5. The Morgan fingerprint density at radius 3 is 2.84 bits per heavy atom. The van der Waals surface area contributed by atoms with E-state index in [0.717, 1.165) is 11.3 Å². The first-order valence-corrected chi connectivity index (χ1v) is 6.25. The van der Waals surface area contributed by atoms with Gasteiger partial charge in [0.25, 0.3) is 0 Å². The summed E-state index contributed by atoms with van der Waals surface area (Å²) in [5, 5.41) is 17.4. The van der Waals surface area contributed by atoms with Gasteiger partial charge in [0.15, 0.2) is 0 Å². The number of benzene rings is 1. The highest BCUT2D eigenvalue weighted by Gasteiger charge is 2.14. The second kappa shape index (κ2) is 4.67. The molecule has 2 aromatic heterocycles. The van der Waals surface area contributed by atoms with Gasteiger partial charge in [0.1, 0.15) is 5.03 Å². The third-order valence-electron chi connectivity index (χ3n) is 2.55. The molecule has 6 nitrogen and oxygen atoms in total. The van der Waals surface area contributed by atoms with Gasteiger partial charge in [-0.2, -0.15) is 9.90 Å². The fourth-order valence-electron chi connectivity index (χ4n) is 1.69. The SMILES string of the molecule is Cn1nnc(-c2cnn(-c3cccc(Cl)c3)c2S)n1. The molecule has 0 N–H and O–H groups in total. The number of hydrogen-bond acceptors (Lipinski definition) is 5. The van der Waals surface area contributed by atoms with Crippen LogP contribution in [0.15, 0.2) is 35.5 Å². The van der Waals surface area contributed by atoms with Crippen LogP contribution in [-0.2, 0) is 7.05 Å². The van der Waals surface area contributed by atoms with Gasteiger partial charge in [-0.3, -0.25) is 0 Å². The van der Waals surface area contributed by atoms with E-state index in [9.17, 15) is 0 Å². The molecule has 0 bridgehead atoms. The van der Waals surface area contributed by atoms with E-state index in [0.29, 0.717) is 15.9 Å². The number of nitrogens with zero attached hydrogens (tertiary/aromatic N) is 6. The van der Waals surface area contributed by atoms with Crippen molar-refractivity contribution in [3.8, 4) is 17.1 Å². The Hall–Kier alpha value is -1.86. The van der Waals surface area contributed by atoms with E-state index < -0.39 is 0 Å². The summed E-state index contributed by atoms with van der Waals surface area (Å²) in [6.07, 6.45) is 1.65. The van der Waals surface area contributed by atoms with Crippen molar-refractivity contribution >= 4 is 24.2 Å². The number of tetrazole rings is 1. The highest BCUT2D eigenvalue weighted by molar-refractivity contribution is 7.80. The van der Waals surface area contributed by atoms with Gasteiger partial charge in [-0.05, 0) is 23.4 Å². The molecule has 0 unspecified atom stereocenters. The van der Waals surface area contributed by atoms with Gasteiger partial charge in [-0.25, -0.2) is 4.68 Å². The minimum Gasteiger partial charge on any atom is -0.227 e. The van der Waals surface area contributed by atoms with E-state index in [1.165, 1.54) is 4.80 Å². The maximum Gasteiger partial charge on any atom is 0.209 e. The number of hydrogen-bond donors (Lipinski definition) is 1. The van der Waals surface area contributed by atoms with Crippen LogP contribution in [-0.4, -0.2) is 30.0 Å². The van der Waals surface area contributed by atoms with Crippen LogP contribution in [0.2, 0.25) is 5.02 Å². The van der Waals surface area contributed by atoms with Crippen LogP contribution in [0.25, 0.3) is 17.1 Å². The second-order valence-corrected chi connectivity index (χ2v) is 4.74. The van der Waals surface area contributed by atoms with Crippen molar-refractivity contribution in [2.75, 3.05) is 0 Å². The highest BCUT2D eigenvalue weighted by Crippen LogP contribution is 2.26. The van der Waals surface area contributed by atoms with Crippen molar-refractivity contribution in [2.45, 2.75) is 5.03 Å². The first kappa shape index (κ1) is 12.2. The molecule has 0 aliphatic rings. The number of aromatic nitrogens is 6. The van der Waals surface area contributed by atoms with Crippen LogP contribution in [0.4, 0.5) is 0 Å². The molecule has 0 amide bonds. The third-order valence-corrected chi connectivity index (χ3v) is 3.21. The lowest BCUT2D eigenvalue weighted by Crippen LogP contribution is -1.96. The zero-order chi connectivity index (χ0) is 13.4. The first-order chi connectivity index (χ1) is 9.15. The van der Waals surface area contributed by atoms with Crippen molar-refractivity contribution in [1.82, 2.24) is 30.0 Å². The molecule has 3 aromatic rings. The molecule has 0 atom stereocenters. The van der Waals surface area contributed by atoms with Gasteiger partial charge in [-0.15, -0.1) is 22.8 Å². The number of halogens is 1. The monoisotopic (exact) mass is 292 g/mol. The summed E-state index contributed by atoms with van der Waals surface area (Å²) in [6, 6.07) is 7.36. The van der Waals surface area contributed by atoms with Crippen LogP contribution in [0.3, 0.4) is 0 Å². The molecular formula is C11H9ClN6S. The summed E-state index contributed by atoms with van der Waals surface area (Å²) < 4.78 is 1.67. The summed E-state index contributed by atoms with van der Waals surface area (Å²) in [5.41, 5.74) is 1.55. The number of aryl methyl sites for hydroxylation is 1. The summed E-state index contributed by atoms with van der Waals surface area (Å²) in [6.45, 7) is 0. The Morgan fingerprint density at radius 2 is 2.16 bits per heavy atom. The molecule has 0 aliphatic heterocycles. The molecule has 0 saturated carbocycles. The maximum atomic E-state index is 5.97. The number of rotatable bonds is 2. The van der Waals surface area contributed by atoms with Gasteiger partial charge in [0.2, 0.25) is 5.82 Å². The number of thiol groups is 1. The van der Waals surface area contributed by atoms with E-state index >= 15 is 0 Å². The standard InChI is InChI=1S/C11H9ClN6S/c1-17-15-10(14-16-17)9-6-13-18(11(9)19)8-4-2-3-7(12)5-8/h2-6,19H,1H3. The Labute approximate surface area is 119 Å². The van der Waals surface area contributed by atoms with Gasteiger partial charge < -0.3 is 0 Å². The molecule has 3 rings (SSSR count). The van der Waals surface area contributed by atoms with Crippen molar-refractivity contribution in [1.29, 1.82) is 0 Å². The maximum absolute atomic E-state index is 5.97. The molecule has 19 heavy (non-hydrogen) atoms. The smallest absolute Gasteiger partial charge is 0.209 e. The normalized spacial score (nSPS) is 10.9. The van der Waals surface area contributed by atoms with Crippen molar-refractivity contribution < 1.29 is 0 Å². The van der Waals surface area contributed by atoms with Gasteiger partial charge >= 0.3 is 0 Å². The minimum atomic E-state index is 0.487. The Bertz CT molecular complexity index is 734. The van der Waals surface area contributed by atoms with Crippen molar-refractivity contribution in [2.24, 2.45) is 7.05 Å². The minimum absolute atomic E-state index is 0.487. The van der Waals surface area contributed by atoms with E-state index in [-0.39, 0.29) is 0 Å². The lowest BCUT2D eigenvalue weighted by Gasteiger charge is -2.04. The predicted molar refractivity (Wildman–Crippen MR) is 73.6 cm³/mol. The predicted octanol–water partition coefficient (Wildman–Crippen LogP) is 2.00. The average Bonchev–Trinajstić information content (AvgIpc) is 2.95. The molecule has 0 radical (unpaired) electrons. The molecule has 0 spiro atoms. The fourth-order valence-corrected chi connectivity index (χ4v) is 2.20. The Morgan fingerprint density at radius 1 is 1.32 bits per heavy atom. The van der Waals surface area contributed by atoms with E-state index in [1.807, 2.05) is 18.2 Å². The lowest BCUT2D eigenvalue weighted by atomic mass is 10.3. The largest absolute Gasteiger partial charge is 0.227 e. The van der Waals surface area contributed by atoms with Crippen LogP contribution < -0.4 is 0 Å². The van der Waals surface area contributed by atoms with Crippen LogP contribution in [0.1, 0.15) is 0 Å². The van der Waals surface area contributed by atoms with E-state index in [2.05, 4.69) is 33.1 Å². The third kappa shape index (κ3) is 2.22. The molecule has 8 heteroatoms. The molecule has 1 aromatic carbocycles. The quantitative estimate of drug-likeness (QED) is 0.734. The zero-order valence-electron chi connectivity index (χ0n) is 9.90. The average molecular weight is 293 g/mol. The topological polar surface area (TPSA) is 61.4 Å². The van der Waals surface area contributed by atoms with Crippen LogP contribution in [0.5, 0.6) is 0 Å². The summed E-state index contributed by atoms with van der Waals surface area (Å²) in [7, 11) is 1.70. The molecule has 96 valence electrons. The summed E-state index contributed by atoms with van der Waals surface area (Å²) in [5.74, 6) is 0.487. The molecule has 0 saturated heterocycles. The van der Waals surface area contributed by atoms with Crippen LogP contribution in [0, 0.1) is 0 Å². The highest BCUT2D eigenvalue weighted by atomic mass is 35.5. The van der Waals surface area contributed by atoms with Crippen LogP contribution >= 0.6 is 24.2 Å². The van der Waals surface area contributed by atoms with Gasteiger partial charge in [0, 0.05) is 5.02 Å². The molecular weight excluding hydrogens is 284 g/mol. The Balaban J connectivity index is 2.08. The van der Waals surface area contributed by atoms with E-state index in [4.69, 9.17) is 11.6 Å². The summed E-state index contributed by atoms with van der Waals surface area (Å²) >= 11 is 10.4. The molecule has 0 fully saturated rings. The van der Waals surface area contributed by atoms with Crippen molar-refractivity contribution in [3.63, 3.8) is 0 Å². The van der Waals surface area contributed by atoms with E-state index in [1.54, 1.807) is 24.0 Å².